The summed E-state index contributed by atoms with van der Waals surface area (Å²) in [6, 6.07) is 48.0. The number of ether oxygens (including phenoxy) is 6. The molecule has 0 aliphatic heterocycles. The Balaban J connectivity index is 0.000000708. The van der Waals surface area contributed by atoms with Crippen LogP contribution in [0.2, 0.25) is 0 Å². The van der Waals surface area contributed by atoms with Crippen molar-refractivity contribution in [3.8, 4) is 34.5 Å². The third-order valence-corrected chi connectivity index (χ3v) is 7.40. The number of hydrogen-bond donors (Lipinski definition) is 0. The number of benzene rings is 6. The third-order valence-electron chi connectivity index (χ3n) is 7.40. The maximum atomic E-state index is 10.7. The minimum Gasteiger partial charge on any atom is -0.545 e. The van der Waals surface area contributed by atoms with E-state index in [1.807, 2.05) is 91.0 Å². The summed E-state index contributed by atoms with van der Waals surface area (Å²) in [6.07, 6.45) is 0. The van der Waals surface area contributed by atoms with E-state index in [1.165, 1.54) is 89.2 Å². The summed E-state index contributed by atoms with van der Waals surface area (Å²) in [5.74, 6) is -0.738. The molecule has 0 atom stereocenters. The minimum atomic E-state index is -1.30. The van der Waals surface area contributed by atoms with Gasteiger partial charge < -0.3 is 48.2 Å². The topological polar surface area (TPSA) is 136 Å². The maximum Gasteiger partial charge on any atom is 5.00 e. The van der Waals surface area contributed by atoms with Gasteiger partial charge in [-0.05, 0) is 31.2 Å². The number of methoxy groups -OCH3 is 6. The molecule has 6 aromatic carbocycles. The predicted octanol–water partition coefficient (Wildman–Crippen LogP) is 7.15. The largest absolute Gasteiger partial charge is 5.00 e. The molecular weight excluding hydrogens is 858 g/mol. The molecular formula is C48H51O10Sb. The molecule has 10 nitrogen and oxygen atoms in total. The number of rotatable bonds is 8. The second-order valence-electron chi connectivity index (χ2n) is 11.8. The SMILES string of the molecule is COc1cc(C(=O)[O-])cc(OC)c1OC.COc1cc(C(=O)[O-])cc(OC)c1OC.Cc1cc[c-]cc1.Cc1cc[c-]cc1.Cc1cc[c-]cc1.Cc1ccccc1.[Sb+5]. The van der Waals surface area contributed by atoms with E-state index in [2.05, 4.69) is 58.0 Å². The van der Waals surface area contributed by atoms with Crippen molar-refractivity contribution in [2.24, 2.45) is 0 Å². The van der Waals surface area contributed by atoms with E-state index in [4.69, 9.17) is 28.4 Å². The third kappa shape index (κ3) is 21.3. The van der Waals surface area contributed by atoms with Crippen molar-refractivity contribution >= 4 is 36.4 Å². The van der Waals surface area contributed by atoms with Crippen LogP contribution in [0.5, 0.6) is 34.5 Å². The average molecular weight is 910 g/mol. The summed E-state index contributed by atoms with van der Waals surface area (Å²) in [6.45, 7) is 8.27. The number of aryl methyl sites for hydroxylation is 4. The molecule has 11 heteroatoms. The number of carbonyl (C=O) groups excluding carboxylic acids is 2. The van der Waals surface area contributed by atoms with Crippen LogP contribution in [0.15, 0.2) is 127 Å². The van der Waals surface area contributed by atoms with E-state index in [-0.39, 0.29) is 58.6 Å². The number of hydrogen-bond acceptors (Lipinski definition) is 10. The number of carbonyl (C=O) groups is 2. The molecule has 0 aromatic heterocycles. The van der Waals surface area contributed by atoms with E-state index in [0.29, 0.717) is 11.5 Å². The Morgan fingerprint density at radius 3 is 0.780 bits per heavy atom. The van der Waals surface area contributed by atoms with Gasteiger partial charge >= 0.3 is 24.4 Å². The molecule has 6 rings (SSSR count). The van der Waals surface area contributed by atoms with E-state index >= 15 is 0 Å². The van der Waals surface area contributed by atoms with Crippen molar-refractivity contribution in [2.45, 2.75) is 27.7 Å². The number of aromatic carboxylic acids is 2. The molecule has 0 aliphatic rings. The quantitative estimate of drug-likeness (QED) is 0.115. The molecule has 59 heavy (non-hydrogen) atoms. The normalized spacial score (nSPS) is 8.98. The molecule has 0 bridgehead atoms. The van der Waals surface area contributed by atoms with Crippen LogP contribution in [0.3, 0.4) is 0 Å². The summed E-state index contributed by atoms with van der Waals surface area (Å²) in [7, 11) is 8.54. The Bertz CT molecular complexity index is 1750. The summed E-state index contributed by atoms with van der Waals surface area (Å²) >= 11 is 0. The van der Waals surface area contributed by atoms with Crippen LogP contribution in [-0.4, -0.2) is 79.0 Å². The minimum absolute atomic E-state index is 0. The van der Waals surface area contributed by atoms with Crippen LogP contribution in [0, 0.1) is 45.9 Å². The zero-order valence-electron chi connectivity index (χ0n) is 35.2. The number of carboxylic acid groups (broad SMARTS) is 2. The molecule has 0 radical (unpaired) electrons. The first-order chi connectivity index (χ1) is 27.8. The molecule has 0 amide bonds. The molecule has 0 aliphatic carbocycles. The zero-order chi connectivity index (χ0) is 43.3. The Morgan fingerprint density at radius 1 is 0.407 bits per heavy atom. The van der Waals surface area contributed by atoms with Crippen molar-refractivity contribution < 1.29 is 48.2 Å². The van der Waals surface area contributed by atoms with Gasteiger partial charge in [-0.1, -0.05) is 56.7 Å². The van der Waals surface area contributed by atoms with Gasteiger partial charge in [-0.15, -0.1) is 0 Å². The fourth-order valence-electron chi connectivity index (χ4n) is 4.34. The van der Waals surface area contributed by atoms with Crippen LogP contribution in [0.4, 0.5) is 0 Å². The van der Waals surface area contributed by atoms with Gasteiger partial charge in [-0.3, -0.25) is 0 Å². The van der Waals surface area contributed by atoms with Crippen LogP contribution >= 0.6 is 0 Å². The molecule has 0 N–H and O–H groups in total. The molecule has 6 aromatic rings. The average Bonchev–Trinajstić information content (AvgIpc) is 3.24. The first-order valence-corrected chi connectivity index (χ1v) is 17.7. The summed E-state index contributed by atoms with van der Waals surface area (Å²) < 4.78 is 30.0. The van der Waals surface area contributed by atoms with Crippen LogP contribution in [0.1, 0.15) is 43.0 Å². The summed E-state index contributed by atoms with van der Waals surface area (Å²) in [5.41, 5.74) is 5.15. The predicted molar refractivity (Wildman–Crippen MR) is 228 cm³/mol. The van der Waals surface area contributed by atoms with Crippen molar-refractivity contribution in [1.82, 2.24) is 0 Å². The Kier molecular flexibility index (Phi) is 27.7. The van der Waals surface area contributed by atoms with Gasteiger partial charge in [0.05, 0.1) is 54.6 Å². The van der Waals surface area contributed by atoms with Gasteiger partial charge in [0, 0.05) is 11.1 Å². The van der Waals surface area contributed by atoms with Gasteiger partial charge in [-0.25, -0.2) is 0 Å². The fraction of sp³-hybridized carbons (Fsp3) is 0.208. The summed E-state index contributed by atoms with van der Waals surface area (Å²) in [4.78, 5) is 21.3. The second-order valence-corrected chi connectivity index (χ2v) is 11.8. The van der Waals surface area contributed by atoms with Crippen LogP contribution in [-0.2, 0) is 0 Å². The second kappa shape index (κ2) is 30.9. The molecule has 0 unspecified atom stereocenters. The Labute approximate surface area is 366 Å². The van der Waals surface area contributed by atoms with E-state index in [1.54, 1.807) is 0 Å². The van der Waals surface area contributed by atoms with E-state index < -0.39 is 11.9 Å². The molecule has 0 spiro atoms. The molecule has 0 saturated heterocycles. The first-order valence-electron chi connectivity index (χ1n) is 17.7. The maximum absolute atomic E-state index is 10.7. The van der Waals surface area contributed by atoms with Crippen molar-refractivity contribution in [3.63, 3.8) is 0 Å². The van der Waals surface area contributed by atoms with Gasteiger partial charge in [0.25, 0.3) is 0 Å². The Morgan fingerprint density at radius 2 is 0.644 bits per heavy atom. The molecule has 0 heterocycles. The van der Waals surface area contributed by atoms with Crippen molar-refractivity contribution in [2.75, 3.05) is 42.7 Å². The standard InChI is InChI=1S/2C10H12O5.C7H8.3C7H7.Sb/c2*1-13-7-4-6(10(11)12)5-8(14-2)9(7)15-3;4*1-7-5-3-2-4-6-7;/h2*4-5H,1-3H3,(H,11,12);2-6H,1H3;3*3-6H,1H3;/q;;;3*-1;+5/p-2. The van der Waals surface area contributed by atoms with Gasteiger partial charge in [0.2, 0.25) is 11.5 Å². The van der Waals surface area contributed by atoms with E-state index in [9.17, 15) is 19.8 Å². The van der Waals surface area contributed by atoms with Crippen LogP contribution < -0.4 is 38.6 Å². The van der Waals surface area contributed by atoms with Gasteiger partial charge in [0.1, 0.15) is 0 Å². The number of carboxylic acids is 2. The molecule has 0 fully saturated rings. The van der Waals surface area contributed by atoms with Crippen LogP contribution in [0.25, 0.3) is 0 Å². The monoisotopic (exact) mass is 908 g/mol. The smallest absolute Gasteiger partial charge is 0.545 e. The zero-order valence-corrected chi connectivity index (χ0v) is 37.7. The van der Waals surface area contributed by atoms with Gasteiger partial charge in [0.15, 0.2) is 23.0 Å². The van der Waals surface area contributed by atoms with Gasteiger partial charge in [-0.2, -0.15) is 108 Å². The first kappa shape index (κ1) is 52.9. The Hall–Kier alpha value is -6.12. The van der Waals surface area contributed by atoms with E-state index in [0.717, 1.165) is 0 Å². The van der Waals surface area contributed by atoms with Crippen molar-refractivity contribution in [3.05, 3.63) is 179 Å². The summed E-state index contributed by atoms with van der Waals surface area (Å²) in [5, 5.41) is 21.3. The molecule has 0 saturated carbocycles. The fourth-order valence-corrected chi connectivity index (χ4v) is 4.34. The molecule has 308 valence electrons. The van der Waals surface area contributed by atoms with Crippen molar-refractivity contribution in [1.29, 1.82) is 0 Å².